The lowest BCUT2D eigenvalue weighted by Gasteiger charge is -2.10. The summed E-state index contributed by atoms with van der Waals surface area (Å²) in [4.78, 5) is 12.1. The lowest BCUT2D eigenvalue weighted by atomic mass is 10.1. The molecule has 0 fully saturated rings. The van der Waals surface area contributed by atoms with E-state index in [1.807, 2.05) is 25.1 Å². The van der Waals surface area contributed by atoms with Gasteiger partial charge >= 0.3 is 6.61 Å². The first-order valence-electron chi connectivity index (χ1n) is 7.92. The number of carbonyl (C=O) groups excluding carboxylic acids is 1. The largest absolute Gasteiger partial charge is 0.496 e. The van der Waals surface area contributed by atoms with E-state index in [9.17, 15) is 13.6 Å². The Labute approximate surface area is 145 Å². The molecule has 6 heteroatoms. The highest BCUT2D eigenvalue weighted by Gasteiger charge is 2.09. The van der Waals surface area contributed by atoms with Gasteiger partial charge in [-0.05, 0) is 37.1 Å². The summed E-state index contributed by atoms with van der Waals surface area (Å²) in [6.45, 7) is -0.409. The fraction of sp³-hybridized carbons (Fsp3) is 0.316. The van der Waals surface area contributed by atoms with E-state index >= 15 is 0 Å². The van der Waals surface area contributed by atoms with Gasteiger partial charge in [0, 0.05) is 12.1 Å². The van der Waals surface area contributed by atoms with Crippen molar-refractivity contribution in [2.24, 2.45) is 0 Å². The molecular weight excluding hydrogens is 328 g/mol. The standard InChI is InChI=1S/C19H21F2NO3/c1-13-3-8-17(24-2)15(11-13)12-18(23)22-10-9-14-4-6-16(7-5-14)25-19(20)21/h3-8,11,19H,9-10,12H2,1-2H3,(H,22,23). The molecule has 0 atom stereocenters. The van der Waals surface area contributed by atoms with Crippen molar-refractivity contribution < 1.29 is 23.0 Å². The van der Waals surface area contributed by atoms with Gasteiger partial charge in [-0.2, -0.15) is 8.78 Å². The number of rotatable bonds is 8. The van der Waals surface area contributed by atoms with Crippen LogP contribution in [0.5, 0.6) is 11.5 Å². The quantitative estimate of drug-likeness (QED) is 0.793. The van der Waals surface area contributed by atoms with Crippen molar-refractivity contribution in [2.75, 3.05) is 13.7 Å². The van der Waals surface area contributed by atoms with E-state index in [0.29, 0.717) is 18.7 Å². The maximum absolute atomic E-state index is 12.1. The van der Waals surface area contributed by atoms with Crippen LogP contribution in [0.4, 0.5) is 8.78 Å². The molecule has 0 spiro atoms. The summed E-state index contributed by atoms with van der Waals surface area (Å²) in [5, 5.41) is 2.85. The number of carbonyl (C=O) groups is 1. The van der Waals surface area contributed by atoms with Crippen molar-refractivity contribution in [3.8, 4) is 11.5 Å². The molecule has 0 saturated carbocycles. The number of halogens is 2. The van der Waals surface area contributed by atoms with Crippen molar-refractivity contribution in [1.82, 2.24) is 5.32 Å². The fourth-order valence-corrected chi connectivity index (χ4v) is 2.46. The van der Waals surface area contributed by atoms with Crippen molar-refractivity contribution >= 4 is 5.91 Å². The molecule has 0 radical (unpaired) electrons. The molecule has 134 valence electrons. The van der Waals surface area contributed by atoms with E-state index in [-0.39, 0.29) is 18.1 Å². The number of hydrogen-bond acceptors (Lipinski definition) is 3. The Hall–Kier alpha value is -2.63. The fourth-order valence-electron chi connectivity index (χ4n) is 2.46. The highest BCUT2D eigenvalue weighted by atomic mass is 19.3. The third kappa shape index (κ3) is 6.06. The normalized spacial score (nSPS) is 10.6. The predicted molar refractivity (Wildman–Crippen MR) is 91.2 cm³/mol. The van der Waals surface area contributed by atoms with Gasteiger partial charge in [0.25, 0.3) is 0 Å². The molecule has 2 aromatic rings. The number of aryl methyl sites for hydroxylation is 1. The Morgan fingerprint density at radius 1 is 1.16 bits per heavy atom. The zero-order valence-electron chi connectivity index (χ0n) is 14.2. The van der Waals surface area contributed by atoms with Gasteiger partial charge in [0.05, 0.1) is 13.5 Å². The summed E-state index contributed by atoms with van der Waals surface area (Å²) in [7, 11) is 1.58. The molecule has 2 aromatic carbocycles. The Bertz CT molecular complexity index is 702. The van der Waals surface area contributed by atoms with Crippen LogP contribution in [0.3, 0.4) is 0 Å². The maximum Gasteiger partial charge on any atom is 0.387 e. The SMILES string of the molecule is COc1ccc(C)cc1CC(=O)NCCc1ccc(OC(F)F)cc1. The monoisotopic (exact) mass is 349 g/mol. The smallest absolute Gasteiger partial charge is 0.387 e. The lowest BCUT2D eigenvalue weighted by Crippen LogP contribution is -2.27. The second-order valence-corrected chi connectivity index (χ2v) is 5.61. The van der Waals surface area contributed by atoms with Crippen LogP contribution in [0.25, 0.3) is 0 Å². The zero-order valence-corrected chi connectivity index (χ0v) is 14.2. The number of ether oxygens (including phenoxy) is 2. The van der Waals surface area contributed by atoms with Crippen LogP contribution < -0.4 is 14.8 Å². The maximum atomic E-state index is 12.1. The molecule has 25 heavy (non-hydrogen) atoms. The summed E-state index contributed by atoms with van der Waals surface area (Å²) in [6.07, 6.45) is 0.845. The van der Waals surface area contributed by atoms with E-state index in [1.54, 1.807) is 19.2 Å². The van der Waals surface area contributed by atoms with Crippen molar-refractivity contribution in [3.05, 3.63) is 59.2 Å². The Balaban J connectivity index is 1.81. The second-order valence-electron chi connectivity index (χ2n) is 5.61. The minimum absolute atomic E-state index is 0.0958. The van der Waals surface area contributed by atoms with Gasteiger partial charge in [-0.15, -0.1) is 0 Å². The number of alkyl halides is 2. The molecule has 1 N–H and O–H groups in total. The summed E-state index contributed by atoms with van der Waals surface area (Å²) < 4.78 is 33.7. The molecule has 0 aromatic heterocycles. The molecule has 4 nitrogen and oxygen atoms in total. The molecule has 0 aliphatic carbocycles. The first-order valence-corrected chi connectivity index (χ1v) is 7.92. The average Bonchev–Trinajstić information content (AvgIpc) is 2.56. The molecule has 0 aliphatic rings. The molecule has 1 amide bonds. The predicted octanol–water partition coefficient (Wildman–Crippen LogP) is 3.51. The third-order valence-corrected chi connectivity index (χ3v) is 3.67. The van der Waals surface area contributed by atoms with Gasteiger partial charge in [-0.1, -0.05) is 29.8 Å². The number of hydrogen-bond donors (Lipinski definition) is 1. The molecule has 0 saturated heterocycles. The van der Waals surface area contributed by atoms with Crippen LogP contribution in [-0.2, 0) is 17.6 Å². The molecule has 2 rings (SSSR count). The van der Waals surface area contributed by atoms with Gasteiger partial charge in [0.1, 0.15) is 11.5 Å². The van der Waals surface area contributed by atoms with E-state index in [2.05, 4.69) is 10.1 Å². The number of methoxy groups -OCH3 is 1. The van der Waals surface area contributed by atoms with Gasteiger partial charge < -0.3 is 14.8 Å². The summed E-state index contributed by atoms with van der Waals surface area (Å²) in [5.74, 6) is 0.714. The van der Waals surface area contributed by atoms with Gasteiger partial charge in [0.15, 0.2) is 0 Å². The molecule has 0 aliphatic heterocycles. The zero-order chi connectivity index (χ0) is 18.2. The Kier molecular flexibility index (Phi) is 6.74. The third-order valence-electron chi connectivity index (χ3n) is 3.67. The van der Waals surface area contributed by atoms with Crippen LogP contribution in [-0.4, -0.2) is 26.2 Å². The average molecular weight is 349 g/mol. The highest BCUT2D eigenvalue weighted by Crippen LogP contribution is 2.20. The summed E-state index contributed by atoms with van der Waals surface area (Å²) in [5.41, 5.74) is 2.83. The minimum Gasteiger partial charge on any atom is -0.496 e. The summed E-state index contributed by atoms with van der Waals surface area (Å²) in [6, 6.07) is 12.1. The van der Waals surface area contributed by atoms with Gasteiger partial charge in [-0.3, -0.25) is 4.79 Å². The second kappa shape index (κ2) is 9.01. The molecule has 0 bridgehead atoms. The van der Waals surface area contributed by atoms with Crippen LogP contribution >= 0.6 is 0 Å². The van der Waals surface area contributed by atoms with E-state index < -0.39 is 6.61 Å². The first-order chi connectivity index (χ1) is 12.0. The van der Waals surface area contributed by atoms with Crippen LogP contribution in [0.1, 0.15) is 16.7 Å². The van der Waals surface area contributed by atoms with Gasteiger partial charge in [-0.25, -0.2) is 0 Å². The van der Waals surface area contributed by atoms with E-state index in [0.717, 1.165) is 16.7 Å². The summed E-state index contributed by atoms with van der Waals surface area (Å²) >= 11 is 0. The number of benzene rings is 2. The topological polar surface area (TPSA) is 47.6 Å². The van der Waals surface area contributed by atoms with Crippen LogP contribution in [0.15, 0.2) is 42.5 Å². The molecule has 0 unspecified atom stereocenters. The lowest BCUT2D eigenvalue weighted by molar-refractivity contribution is -0.120. The Morgan fingerprint density at radius 2 is 1.88 bits per heavy atom. The number of nitrogens with one attached hydrogen (secondary N) is 1. The first kappa shape index (κ1) is 18.7. The number of amides is 1. The van der Waals surface area contributed by atoms with Crippen molar-refractivity contribution in [3.63, 3.8) is 0 Å². The van der Waals surface area contributed by atoms with Crippen LogP contribution in [0, 0.1) is 6.92 Å². The van der Waals surface area contributed by atoms with Crippen molar-refractivity contribution in [1.29, 1.82) is 0 Å². The van der Waals surface area contributed by atoms with Gasteiger partial charge in [0.2, 0.25) is 5.91 Å². The molecule has 0 heterocycles. The Morgan fingerprint density at radius 3 is 2.52 bits per heavy atom. The van der Waals surface area contributed by atoms with E-state index in [1.165, 1.54) is 12.1 Å². The molecular formula is C19H21F2NO3. The minimum atomic E-state index is -2.83. The van der Waals surface area contributed by atoms with E-state index in [4.69, 9.17) is 4.74 Å². The highest BCUT2D eigenvalue weighted by molar-refractivity contribution is 5.79. The van der Waals surface area contributed by atoms with Crippen LogP contribution in [0.2, 0.25) is 0 Å². The van der Waals surface area contributed by atoms with Crippen molar-refractivity contribution in [2.45, 2.75) is 26.4 Å².